The van der Waals surface area contributed by atoms with Crippen LogP contribution in [0.1, 0.15) is 22.3 Å². The number of piperazine rings is 1. The van der Waals surface area contributed by atoms with Gasteiger partial charge in [0.2, 0.25) is 0 Å². The van der Waals surface area contributed by atoms with Crippen molar-refractivity contribution < 1.29 is 4.79 Å². The third kappa shape index (κ3) is 5.91. The first-order valence-corrected chi connectivity index (χ1v) is 12.3. The molecule has 1 N–H and O–H groups in total. The van der Waals surface area contributed by atoms with Crippen LogP contribution in [0.15, 0.2) is 85.2 Å². The Morgan fingerprint density at radius 3 is 2.46 bits per heavy atom. The summed E-state index contributed by atoms with van der Waals surface area (Å²) in [4.78, 5) is 27.1. The molecule has 178 valence electrons. The van der Waals surface area contributed by atoms with Crippen molar-refractivity contribution in [3.05, 3.63) is 96.3 Å². The Hall–Kier alpha value is -3.61. The number of para-hydroxylation sites is 1. The molecule has 0 bridgehead atoms. The van der Waals surface area contributed by atoms with Gasteiger partial charge < -0.3 is 10.2 Å². The van der Waals surface area contributed by atoms with Gasteiger partial charge in [-0.05, 0) is 42.8 Å². The highest BCUT2D eigenvalue weighted by Gasteiger charge is 2.17. The highest BCUT2D eigenvalue weighted by Crippen LogP contribution is 2.24. The molecule has 1 aliphatic rings. The zero-order valence-corrected chi connectivity index (χ0v) is 19.9. The van der Waals surface area contributed by atoms with E-state index in [0.29, 0.717) is 12.1 Å². The highest BCUT2D eigenvalue weighted by atomic mass is 16.1. The smallest absolute Gasteiger partial charge is 0.252 e. The van der Waals surface area contributed by atoms with Crippen LogP contribution in [0.5, 0.6) is 0 Å². The number of pyridine rings is 2. The summed E-state index contributed by atoms with van der Waals surface area (Å²) in [6, 6.07) is 24.2. The first-order chi connectivity index (χ1) is 17.3. The molecule has 1 saturated heterocycles. The van der Waals surface area contributed by atoms with E-state index in [4.69, 9.17) is 4.98 Å². The fourth-order valence-corrected chi connectivity index (χ4v) is 4.64. The van der Waals surface area contributed by atoms with E-state index in [1.807, 2.05) is 42.5 Å². The van der Waals surface area contributed by atoms with Gasteiger partial charge in [0, 0.05) is 62.6 Å². The van der Waals surface area contributed by atoms with Gasteiger partial charge in [-0.3, -0.25) is 14.7 Å². The molecule has 0 radical (unpaired) electrons. The lowest BCUT2D eigenvalue weighted by Crippen LogP contribution is -2.46. The molecule has 1 aliphatic heterocycles. The molecule has 3 heterocycles. The van der Waals surface area contributed by atoms with Crippen molar-refractivity contribution in [2.75, 3.05) is 39.3 Å². The van der Waals surface area contributed by atoms with Gasteiger partial charge >= 0.3 is 0 Å². The van der Waals surface area contributed by atoms with Gasteiger partial charge in [0.05, 0.1) is 16.8 Å². The number of nitrogens with zero attached hydrogens (tertiary/aromatic N) is 4. The number of nitrogens with one attached hydrogen (secondary N) is 1. The molecule has 35 heavy (non-hydrogen) atoms. The monoisotopic (exact) mass is 465 g/mol. The first kappa shape index (κ1) is 23.1. The topological polar surface area (TPSA) is 61.4 Å². The van der Waals surface area contributed by atoms with Crippen molar-refractivity contribution >= 4 is 16.8 Å². The summed E-state index contributed by atoms with van der Waals surface area (Å²) < 4.78 is 0. The average Bonchev–Trinajstić information content (AvgIpc) is 2.92. The van der Waals surface area contributed by atoms with Gasteiger partial charge in [-0.2, -0.15) is 0 Å². The minimum Gasteiger partial charge on any atom is -0.352 e. The number of hydrogen-bond donors (Lipinski definition) is 1. The molecule has 1 amide bonds. The zero-order valence-electron chi connectivity index (χ0n) is 19.9. The molecule has 0 atom stereocenters. The summed E-state index contributed by atoms with van der Waals surface area (Å²) in [5, 5.41) is 4.00. The Labute approximate surface area is 206 Å². The van der Waals surface area contributed by atoms with Crippen LogP contribution in [0.2, 0.25) is 0 Å². The fraction of sp³-hybridized carbons (Fsp3) is 0.276. The van der Waals surface area contributed by atoms with E-state index in [-0.39, 0.29) is 5.91 Å². The molecule has 0 spiro atoms. The van der Waals surface area contributed by atoms with Crippen molar-refractivity contribution in [1.29, 1.82) is 0 Å². The van der Waals surface area contributed by atoms with Crippen LogP contribution in [0.4, 0.5) is 0 Å². The van der Waals surface area contributed by atoms with E-state index in [1.54, 1.807) is 12.4 Å². The normalized spacial score (nSPS) is 14.7. The van der Waals surface area contributed by atoms with Crippen molar-refractivity contribution in [2.45, 2.75) is 13.0 Å². The van der Waals surface area contributed by atoms with Crippen molar-refractivity contribution in [3.8, 4) is 11.3 Å². The van der Waals surface area contributed by atoms with Crippen LogP contribution in [0, 0.1) is 0 Å². The third-order valence-electron chi connectivity index (χ3n) is 6.57. The van der Waals surface area contributed by atoms with Crippen LogP contribution < -0.4 is 5.32 Å². The van der Waals surface area contributed by atoms with Gasteiger partial charge in [0.25, 0.3) is 5.91 Å². The minimum absolute atomic E-state index is 0.0542. The molecule has 2 aromatic heterocycles. The summed E-state index contributed by atoms with van der Waals surface area (Å²) in [7, 11) is 0. The number of fused-ring (bicyclic) bond motifs is 1. The minimum atomic E-state index is -0.0542. The number of carbonyl (C=O) groups excluding carboxylic acids is 1. The van der Waals surface area contributed by atoms with Crippen molar-refractivity contribution in [2.24, 2.45) is 0 Å². The molecular formula is C29H31N5O. The third-order valence-corrected chi connectivity index (χ3v) is 6.57. The quantitative estimate of drug-likeness (QED) is 0.395. The van der Waals surface area contributed by atoms with E-state index < -0.39 is 0 Å². The molecular weight excluding hydrogens is 434 g/mol. The molecule has 0 saturated carbocycles. The number of hydrogen-bond acceptors (Lipinski definition) is 5. The summed E-state index contributed by atoms with van der Waals surface area (Å²) in [6.45, 7) is 6.99. The van der Waals surface area contributed by atoms with Crippen molar-refractivity contribution in [3.63, 3.8) is 0 Å². The van der Waals surface area contributed by atoms with Gasteiger partial charge in [0.1, 0.15) is 0 Å². The number of carbonyl (C=O) groups is 1. The Morgan fingerprint density at radius 2 is 1.66 bits per heavy atom. The molecule has 5 rings (SSSR count). The molecule has 0 unspecified atom stereocenters. The molecule has 0 aliphatic carbocycles. The maximum atomic E-state index is 13.1. The van der Waals surface area contributed by atoms with Crippen LogP contribution in [-0.2, 0) is 6.54 Å². The zero-order chi connectivity index (χ0) is 23.9. The van der Waals surface area contributed by atoms with Gasteiger partial charge in [-0.25, -0.2) is 4.98 Å². The lowest BCUT2D eigenvalue weighted by molar-refractivity contribution is 0.0948. The maximum absolute atomic E-state index is 13.1. The second-order valence-electron chi connectivity index (χ2n) is 9.03. The van der Waals surface area contributed by atoms with E-state index in [0.717, 1.165) is 67.8 Å². The van der Waals surface area contributed by atoms with Crippen LogP contribution in [0.3, 0.4) is 0 Å². The Bertz CT molecular complexity index is 1250. The molecule has 6 heteroatoms. The lowest BCUT2D eigenvalue weighted by atomic mass is 10.0. The Balaban J connectivity index is 1.14. The molecule has 4 aromatic rings. The summed E-state index contributed by atoms with van der Waals surface area (Å²) in [5.74, 6) is -0.0542. The van der Waals surface area contributed by atoms with Crippen LogP contribution in [-0.4, -0.2) is 64.9 Å². The summed E-state index contributed by atoms with van der Waals surface area (Å²) >= 11 is 0. The van der Waals surface area contributed by atoms with Gasteiger partial charge in [-0.15, -0.1) is 0 Å². The standard InChI is InChI=1S/C29H31N5O/c35-29(26-20-28(24-10-6-13-30-21-24)32-27-12-5-4-11-25(26)27)31-14-7-15-33-16-18-34(19-17-33)22-23-8-2-1-3-9-23/h1-6,8-13,20-21H,7,14-19,22H2,(H,31,35). The number of benzene rings is 2. The van der Waals surface area contributed by atoms with Crippen LogP contribution >= 0.6 is 0 Å². The average molecular weight is 466 g/mol. The highest BCUT2D eigenvalue weighted by molar-refractivity contribution is 6.07. The number of amides is 1. The predicted octanol–water partition coefficient (Wildman–Crippen LogP) is 4.23. The largest absolute Gasteiger partial charge is 0.352 e. The fourth-order valence-electron chi connectivity index (χ4n) is 4.64. The summed E-state index contributed by atoms with van der Waals surface area (Å²) in [5.41, 5.74) is 4.50. The van der Waals surface area contributed by atoms with Crippen LogP contribution in [0.25, 0.3) is 22.2 Å². The first-order valence-electron chi connectivity index (χ1n) is 12.3. The van der Waals surface area contributed by atoms with Gasteiger partial charge in [0.15, 0.2) is 0 Å². The Morgan fingerprint density at radius 1 is 0.886 bits per heavy atom. The maximum Gasteiger partial charge on any atom is 0.252 e. The van der Waals surface area contributed by atoms with E-state index in [1.165, 1.54) is 5.56 Å². The van der Waals surface area contributed by atoms with E-state index in [2.05, 4.69) is 50.4 Å². The SMILES string of the molecule is O=C(NCCCN1CCN(Cc2ccccc2)CC1)c1cc(-c2cccnc2)nc2ccccc12. The molecule has 2 aromatic carbocycles. The van der Waals surface area contributed by atoms with E-state index >= 15 is 0 Å². The van der Waals surface area contributed by atoms with Gasteiger partial charge in [-0.1, -0.05) is 48.5 Å². The Kier molecular flexibility index (Phi) is 7.41. The second-order valence-corrected chi connectivity index (χ2v) is 9.03. The molecule has 1 fully saturated rings. The van der Waals surface area contributed by atoms with Crippen molar-refractivity contribution in [1.82, 2.24) is 25.1 Å². The number of aromatic nitrogens is 2. The second kappa shape index (κ2) is 11.2. The summed E-state index contributed by atoms with van der Waals surface area (Å²) in [6.07, 6.45) is 4.45. The predicted molar refractivity (Wildman–Crippen MR) is 140 cm³/mol. The number of rotatable bonds is 8. The van der Waals surface area contributed by atoms with E-state index in [9.17, 15) is 4.79 Å². The molecule has 6 nitrogen and oxygen atoms in total. The lowest BCUT2D eigenvalue weighted by Gasteiger charge is -2.34.